The minimum Gasteiger partial charge on any atom is -0.496 e. The average Bonchev–Trinajstić information content (AvgIpc) is 2.83. The van der Waals surface area contributed by atoms with Gasteiger partial charge in [0, 0.05) is 17.3 Å². The SMILES string of the molecule is COc1ccc(C(=O)Nc2ccc3oc(-c4ccccc4OC)cc(=O)c3c2)cc1OC. The fraction of sp³-hybridized carbons (Fsp3) is 0.120. The number of hydrogen-bond acceptors (Lipinski definition) is 6. The van der Waals surface area contributed by atoms with E-state index in [1.54, 1.807) is 49.6 Å². The summed E-state index contributed by atoms with van der Waals surface area (Å²) >= 11 is 0. The lowest BCUT2D eigenvalue weighted by Crippen LogP contribution is -2.12. The molecule has 0 aliphatic rings. The highest BCUT2D eigenvalue weighted by atomic mass is 16.5. The van der Waals surface area contributed by atoms with Crippen LogP contribution in [0.4, 0.5) is 5.69 Å². The molecule has 1 heterocycles. The quantitative estimate of drug-likeness (QED) is 0.475. The summed E-state index contributed by atoms with van der Waals surface area (Å²) in [5.41, 5.74) is 1.72. The summed E-state index contributed by atoms with van der Waals surface area (Å²) in [6, 6.07) is 18.5. The summed E-state index contributed by atoms with van der Waals surface area (Å²) in [6.07, 6.45) is 0. The maximum atomic E-state index is 12.8. The predicted molar refractivity (Wildman–Crippen MR) is 122 cm³/mol. The van der Waals surface area contributed by atoms with Gasteiger partial charge in [0.25, 0.3) is 5.91 Å². The summed E-state index contributed by atoms with van der Waals surface area (Å²) in [5, 5.41) is 3.15. The zero-order valence-electron chi connectivity index (χ0n) is 17.8. The molecular weight excluding hydrogens is 410 g/mol. The number of ether oxygens (including phenoxy) is 3. The number of amides is 1. The van der Waals surface area contributed by atoms with E-state index in [1.807, 2.05) is 18.2 Å². The summed E-state index contributed by atoms with van der Waals surface area (Å²) in [7, 11) is 4.59. The van der Waals surface area contributed by atoms with Gasteiger partial charge in [-0.3, -0.25) is 9.59 Å². The molecule has 0 aliphatic carbocycles. The average molecular weight is 431 g/mol. The van der Waals surface area contributed by atoms with E-state index in [9.17, 15) is 9.59 Å². The molecule has 1 N–H and O–H groups in total. The molecule has 4 rings (SSSR count). The number of nitrogens with one attached hydrogen (secondary N) is 1. The van der Waals surface area contributed by atoms with Gasteiger partial charge < -0.3 is 23.9 Å². The van der Waals surface area contributed by atoms with Crippen LogP contribution >= 0.6 is 0 Å². The Bertz CT molecular complexity index is 1360. The van der Waals surface area contributed by atoms with Crippen molar-refractivity contribution in [2.24, 2.45) is 0 Å². The van der Waals surface area contributed by atoms with E-state index in [0.29, 0.717) is 50.8 Å². The molecule has 4 aromatic rings. The number of carbonyl (C=O) groups is 1. The molecular formula is C25H21NO6. The number of rotatable bonds is 6. The van der Waals surface area contributed by atoms with E-state index in [1.165, 1.54) is 20.3 Å². The second-order valence-corrected chi connectivity index (χ2v) is 6.91. The van der Waals surface area contributed by atoms with Crippen molar-refractivity contribution in [3.63, 3.8) is 0 Å². The van der Waals surface area contributed by atoms with Crippen molar-refractivity contribution in [2.45, 2.75) is 0 Å². The third-order valence-corrected chi connectivity index (χ3v) is 5.00. The van der Waals surface area contributed by atoms with Crippen molar-refractivity contribution in [1.82, 2.24) is 0 Å². The number of para-hydroxylation sites is 1. The molecule has 7 heteroatoms. The number of benzene rings is 3. The molecule has 0 bridgehead atoms. The van der Waals surface area contributed by atoms with Crippen molar-refractivity contribution in [3.05, 3.63) is 82.5 Å². The van der Waals surface area contributed by atoms with Crippen LogP contribution in [0.3, 0.4) is 0 Å². The molecule has 3 aromatic carbocycles. The minimum atomic E-state index is -0.347. The maximum Gasteiger partial charge on any atom is 0.255 e. The van der Waals surface area contributed by atoms with Crippen LogP contribution in [0.1, 0.15) is 10.4 Å². The van der Waals surface area contributed by atoms with E-state index in [0.717, 1.165) is 0 Å². The van der Waals surface area contributed by atoms with Crippen LogP contribution in [-0.4, -0.2) is 27.2 Å². The van der Waals surface area contributed by atoms with Gasteiger partial charge in [-0.2, -0.15) is 0 Å². The first-order valence-electron chi connectivity index (χ1n) is 9.78. The van der Waals surface area contributed by atoms with E-state index in [2.05, 4.69) is 5.32 Å². The number of hydrogen-bond donors (Lipinski definition) is 1. The van der Waals surface area contributed by atoms with E-state index in [4.69, 9.17) is 18.6 Å². The van der Waals surface area contributed by atoms with Gasteiger partial charge in [0.1, 0.15) is 17.1 Å². The van der Waals surface area contributed by atoms with Crippen LogP contribution < -0.4 is 25.0 Å². The standard InChI is InChI=1S/C25H21NO6/c1-29-20-7-5-4-6-17(20)23-14-19(27)18-13-16(9-11-21(18)32-23)26-25(28)15-8-10-22(30-2)24(12-15)31-3/h4-14H,1-3H3,(H,26,28). The van der Waals surface area contributed by atoms with Crippen molar-refractivity contribution in [2.75, 3.05) is 26.6 Å². The highest BCUT2D eigenvalue weighted by molar-refractivity contribution is 6.05. The molecule has 1 amide bonds. The lowest BCUT2D eigenvalue weighted by Gasteiger charge is -2.11. The van der Waals surface area contributed by atoms with Crippen molar-refractivity contribution in [1.29, 1.82) is 0 Å². The Labute approximate surface area is 184 Å². The van der Waals surface area contributed by atoms with Crippen LogP contribution in [0.5, 0.6) is 17.2 Å². The molecule has 0 unspecified atom stereocenters. The van der Waals surface area contributed by atoms with Crippen molar-refractivity contribution in [3.8, 4) is 28.6 Å². The fourth-order valence-corrected chi connectivity index (χ4v) is 3.40. The highest BCUT2D eigenvalue weighted by Gasteiger charge is 2.14. The molecule has 0 atom stereocenters. The third-order valence-electron chi connectivity index (χ3n) is 5.00. The molecule has 0 radical (unpaired) electrons. The summed E-state index contributed by atoms with van der Waals surface area (Å²) in [5.74, 6) is 1.64. The second-order valence-electron chi connectivity index (χ2n) is 6.91. The molecule has 0 saturated carbocycles. The van der Waals surface area contributed by atoms with Gasteiger partial charge in [-0.1, -0.05) is 12.1 Å². The van der Waals surface area contributed by atoms with Gasteiger partial charge >= 0.3 is 0 Å². The van der Waals surface area contributed by atoms with Crippen LogP contribution in [0.25, 0.3) is 22.3 Å². The molecule has 32 heavy (non-hydrogen) atoms. The topological polar surface area (TPSA) is 87.0 Å². The first kappa shape index (κ1) is 21.0. The second kappa shape index (κ2) is 8.85. The van der Waals surface area contributed by atoms with E-state index in [-0.39, 0.29) is 11.3 Å². The smallest absolute Gasteiger partial charge is 0.255 e. The largest absolute Gasteiger partial charge is 0.496 e. The number of methoxy groups -OCH3 is 3. The van der Waals surface area contributed by atoms with Crippen LogP contribution in [-0.2, 0) is 0 Å². The summed E-state index contributed by atoms with van der Waals surface area (Å²) in [4.78, 5) is 25.5. The first-order valence-corrected chi connectivity index (χ1v) is 9.78. The Morgan fingerprint density at radius 3 is 2.31 bits per heavy atom. The summed E-state index contributed by atoms with van der Waals surface area (Å²) in [6.45, 7) is 0. The molecule has 0 spiro atoms. The Balaban J connectivity index is 1.65. The van der Waals surface area contributed by atoms with Gasteiger partial charge in [0.2, 0.25) is 0 Å². The zero-order valence-corrected chi connectivity index (χ0v) is 17.8. The lowest BCUT2D eigenvalue weighted by atomic mass is 10.1. The van der Waals surface area contributed by atoms with Crippen LogP contribution in [0.15, 0.2) is 75.9 Å². The molecule has 162 valence electrons. The summed E-state index contributed by atoms with van der Waals surface area (Å²) < 4.78 is 21.8. The van der Waals surface area contributed by atoms with Crippen LogP contribution in [0, 0.1) is 0 Å². The van der Waals surface area contributed by atoms with E-state index >= 15 is 0 Å². The van der Waals surface area contributed by atoms with Crippen LogP contribution in [0.2, 0.25) is 0 Å². The number of fused-ring (bicyclic) bond motifs is 1. The lowest BCUT2D eigenvalue weighted by molar-refractivity contribution is 0.102. The minimum absolute atomic E-state index is 0.227. The van der Waals surface area contributed by atoms with Crippen molar-refractivity contribution < 1.29 is 23.4 Å². The molecule has 1 aromatic heterocycles. The Kier molecular flexibility index (Phi) is 5.81. The Hall–Kier alpha value is -4.26. The van der Waals surface area contributed by atoms with E-state index < -0.39 is 0 Å². The maximum absolute atomic E-state index is 12.8. The van der Waals surface area contributed by atoms with Gasteiger partial charge in [-0.15, -0.1) is 0 Å². The third kappa shape index (κ3) is 4.00. The monoisotopic (exact) mass is 431 g/mol. The Morgan fingerprint density at radius 2 is 1.56 bits per heavy atom. The Morgan fingerprint density at radius 1 is 0.812 bits per heavy atom. The van der Waals surface area contributed by atoms with Gasteiger partial charge in [0.05, 0.1) is 32.3 Å². The first-order chi connectivity index (χ1) is 15.5. The van der Waals surface area contributed by atoms with Gasteiger partial charge in [-0.05, 0) is 48.5 Å². The zero-order chi connectivity index (χ0) is 22.7. The van der Waals surface area contributed by atoms with Gasteiger partial charge in [-0.25, -0.2) is 0 Å². The number of anilines is 1. The normalized spacial score (nSPS) is 10.6. The molecule has 7 nitrogen and oxygen atoms in total. The fourth-order valence-electron chi connectivity index (χ4n) is 3.40. The predicted octanol–water partition coefficient (Wildman–Crippen LogP) is 4.74. The highest BCUT2D eigenvalue weighted by Crippen LogP contribution is 2.31. The molecule has 0 saturated heterocycles. The molecule has 0 aliphatic heterocycles. The number of carbonyl (C=O) groups excluding carboxylic acids is 1. The van der Waals surface area contributed by atoms with Crippen molar-refractivity contribution >= 4 is 22.6 Å². The van der Waals surface area contributed by atoms with Gasteiger partial charge in [0.15, 0.2) is 16.9 Å². The molecule has 0 fully saturated rings.